The van der Waals surface area contributed by atoms with Gasteiger partial charge in [-0.15, -0.1) is 0 Å². The van der Waals surface area contributed by atoms with E-state index in [1.807, 2.05) is 0 Å². The van der Waals surface area contributed by atoms with Gasteiger partial charge in [-0.3, -0.25) is 0 Å². The van der Waals surface area contributed by atoms with E-state index in [0.29, 0.717) is 5.57 Å². The summed E-state index contributed by atoms with van der Waals surface area (Å²) < 4.78 is 12.5. The number of allylic oxidation sites excluding steroid dienone is 4. The van der Waals surface area contributed by atoms with Gasteiger partial charge in [0.25, 0.3) is 0 Å². The van der Waals surface area contributed by atoms with Crippen molar-refractivity contribution in [1.29, 1.82) is 5.26 Å². The van der Waals surface area contributed by atoms with Crippen molar-refractivity contribution in [3.63, 3.8) is 0 Å². The molecule has 0 aromatic heterocycles. The van der Waals surface area contributed by atoms with Crippen molar-refractivity contribution < 1.29 is 4.39 Å². The number of nitrogens with zero attached hydrogens (tertiary/aromatic N) is 1. The molecule has 0 aromatic rings. The molecule has 0 saturated carbocycles. The molecule has 0 heterocycles. The lowest BCUT2D eigenvalue weighted by atomic mass is 10.2. The SMILES string of the molecule is C=C(C#N)/C=C(/F)C(=C)C. The lowest BCUT2D eigenvalue weighted by Crippen LogP contribution is -1.75. The molecule has 0 spiro atoms. The van der Waals surface area contributed by atoms with Gasteiger partial charge < -0.3 is 0 Å². The Balaban J connectivity index is 4.35. The zero-order valence-electron chi connectivity index (χ0n) is 5.82. The van der Waals surface area contributed by atoms with Gasteiger partial charge >= 0.3 is 0 Å². The van der Waals surface area contributed by atoms with Gasteiger partial charge in [0, 0.05) is 5.57 Å². The first-order valence-corrected chi connectivity index (χ1v) is 2.70. The van der Waals surface area contributed by atoms with Crippen LogP contribution < -0.4 is 0 Å². The molecular formula is C8H8FN. The number of halogens is 1. The molecule has 0 saturated heterocycles. The zero-order chi connectivity index (χ0) is 8.15. The summed E-state index contributed by atoms with van der Waals surface area (Å²) in [5.41, 5.74) is 0.400. The second kappa shape index (κ2) is 3.62. The van der Waals surface area contributed by atoms with E-state index in [1.165, 1.54) is 6.92 Å². The maximum Gasteiger partial charge on any atom is 0.126 e. The Morgan fingerprint density at radius 1 is 1.60 bits per heavy atom. The third kappa shape index (κ3) is 2.83. The van der Waals surface area contributed by atoms with Gasteiger partial charge in [0.1, 0.15) is 5.83 Å². The van der Waals surface area contributed by atoms with Crippen LogP contribution in [0.15, 0.2) is 36.2 Å². The van der Waals surface area contributed by atoms with Crippen LogP contribution in [0.1, 0.15) is 6.92 Å². The Morgan fingerprint density at radius 2 is 2.10 bits per heavy atom. The minimum absolute atomic E-state index is 0.0977. The molecule has 0 amide bonds. The molecule has 0 aliphatic heterocycles. The largest absolute Gasteiger partial charge is 0.207 e. The zero-order valence-corrected chi connectivity index (χ0v) is 5.82. The predicted molar refractivity (Wildman–Crippen MR) is 38.8 cm³/mol. The molecule has 52 valence electrons. The van der Waals surface area contributed by atoms with E-state index in [4.69, 9.17) is 5.26 Å². The molecule has 0 atom stereocenters. The fourth-order valence-corrected chi connectivity index (χ4v) is 0.308. The molecule has 0 rings (SSSR count). The predicted octanol–water partition coefficient (Wildman–Crippen LogP) is 2.50. The molecule has 0 N–H and O–H groups in total. The Bertz CT molecular complexity index is 230. The third-order valence-corrected chi connectivity index (χ3v) is 0.852. The number of rotatable bonds is 2. The molecule has 0 aliphatic rings. The highest BCUT2D eigenvalue weighted by Gasteiger charge is 1.94. The van der Waals surface area contributed by atoms with Crippen molar-refractivity contribution in [2.45, 2.75) is 6.92 Å². The summed E-state index contributed by atoms with van der Waals surface area (Å²) in [5, 5.41) is 8.17. The van der Waals surface area contributed by atoms with E-state index in [2.05, 4.69) is 13.2 Å². The van der Waals surface area contributed by atoms with Crippen LogP contribution in [0.25, 0.3) is 0 Å². The van der Waals surface area contributed by atoms with E-state index in [0.717, 1.165) is 6.08 Å². The van der Waals surface area contributed by atoms with Crippen LogP contribution in [0.2, 0.25) is 0 Å². The average Bonchev–Trinajstić information content (AvgIpc) is 1.87. The minimum Gasteiger partial charge on any atom is -0.207 e. The van der Waals surface area contributed by atoms with Crippen LogP contribution in [0.5, 0.6) is 0 Å². The van der Waals surface area contributed by atoms with Crippen molar-refractivity contribution in [2.24, 2.45) is 0 Å². The molecular weight excluding hydrogens is 129 g/mol. The fraction of sp³-hybridized carbons (Fsp3) is 0.125. The summed E-state index contributed by atoms with van der Waals surface area (Å²) in [6.45, 7) is 8.15. The average molecular weight is 137 g/mol. The van der Waals surface area contributed by atoms with Crippen LogP contribution in [-0.2, 0) is 0 Å². The normalized spacial score (nSPS) is 10.3. The maximum atomic E-state index is 12.5. The van der Waals surface area contributed by atoms with Crippen molar-refractivity contribution in [1.82, 2.24) is 0 Å². The molecule has 0 fully saturated rings. The van der Waals surface area contributed by atoms with E-state index in [9.17, 15) is 4.39 Å². The molecule has 2 heteroatoms. The summed E-state index contributed by atoms with van der Waals surface area (Å²) in [6.07, 6.45) is 1.06. The van der Waals surface area contributed by atoms with E-state index >= 15 is 0 Å². The molecule has 0 radical (unpaired) electrons. The smallest absolute Gasteiger partial charge is 0.126 e. The molecule has 1 nitrogen and oxygen atoms in total. The second-order valence-electron chi connectivity index (χ2n) is 1.91. The van der Waals surface area contributed by atoms with Gasteiger partial charge in [-0.25, -0.2) is 4.39 Å². The summed E-state index contributed by atoms with van der Waals surface area (Å²) in [7, 11) is 0. The van der Waals surface area contributed by atoms with Crippen molar-refractivity contribution in [3.8, 4) is 6.07 Å². The fourth-order valence-electron chi connectivity index (χ4n) is 0.308. The number of nitriles is 1. The third-order valence-electron chi connectivity index (χ3n) is 0.852. The Hall–Kier alpha value is -1.36. The quantitative estimate of drug-likeness (QED) is 0.423. The van der Waals surface area contributed by atoms with Crippen LogP contribution >= 0.6 is 0 Å². The van der Waals surface area contributed by atoms with Gasteiger partial charge in [0.05, 0.1) is 6.07 Å². The Labute approximate surface area is 59.8 Å². The van der Waals surface area contributed by atoms with E-state index in [-0.39, 0.29) is 5.57 Å². The first kappa shape index (κ1) is 8.64. The van der Waals surface area contributed by atoms with Gasteiger partial charge in [0.2, 0.25) is 0 Å². The Morgan fingerprint density at radius 3 is 2.40 bits per heavy atom. The highest BCUT2D eigenvalue weighted by molar-refractivity contribution is 5.36. The molecule has 0 aromatic carbocycles. The van der Waals surface area contributed by atoms with Gasteiger partial charge in [0.15, 0.2) is 0 Å². The van der Waals surface area contributed by atoms with Crippen molar-refractivity contribution in [3.05, 3.63) is 36.2 Å². The van der Waals surface area contributed by atoms with Crippen LogP contribution in [0.3, 0.4) is 0 Å². The molecule has 0 aliphatic carbocycles. The minimum atomic E-state index is -0.494. The van der Waals surface area contributed by atoms with Gasteiger partial charge in [-0.1, -0.05) is 13.2 Å². The Kier molecular flexibility index (Phi) is 3.13. The second-order valence-corrected chi connectivity index (χ2v) is 1.91. The monoisotopic (exact) mass is 137 g/mol. The number of hydrogen-bond acceptors (Lipinski definition) is 1. The topological polar surface area (TPSA) is 23.8 Å². The van der Waals surface area contributed by atoms with Crippen molar-refractivity contribution in [2.75, 3.05) is 0 Å². The number of hydrogen-bond donors (Lipinski definition) is 0. The molecule has 0 unspecified atom stereocenters. The first-order chi connectivity index (χ1) is 4.57. The maximum absolute atomic E-state index is 12.5. The van der Waals surface area contributed by atoms with Crippen LogP contribution in [0, 0.1) is 11.3 Å². The van der Waals surface area contributed by atoms with E-state index < -0.39 is 5.83 Å². The summed E-state index contributed by atoms with van der Waals surface area (Å²) in [6, 6.07) is 1.70. The lowest BCUT2D eigenvalue weighted by molar-refractivity contribution is 0.652. The highest BCUT2D eigenvalue weighted by atomic mass is 19.1. The highest BCUT2D eigenvalue weighted by Crippen LogP contribution is 2.09. The van der Waals surface area contributed by atoms with Crippen LogP contribution in [0.4, 0.5) is 4.39 Å². The molecule has 0 bridgehead atoms. The standard InChI is InChI=1S/C8H8FN/c1-6(2)8(9)4-7(3)5-10/h4H,1,3H2,2H3/b8-4+. The van der Waals surface area contributed by atoms with Gasteiger partial charge in [-0.05, 0) is 18.6 Å². The van der Waals surface area contributed by atoms with Gasteiger partial charge in [-0.2, -0.15) is 5.26 Å². The van der Waals surface area contributed by atoms with E-state index in [1.54, 1.807) is 6.07 Å². The van der Waals surface area contributed by atoms with Crippen LogP contribution in [-0.4, -0.2) is 0 Å². The van der Waals surface area contributed by atoms with Crippen molar-refractivity contribution >= 4 is 0 Å². The lowest BCUT2D eigenvalue weighted by Gasteiger charge is -1.90. The first-order valence-electron chi connectivity index (χ1n) is 2.70. The summed E-state index contributed by atoms with van der Waals surface area (Å²) >= 11 is 0. The summed E-state index contributed by atoms with van der Waals surface area (Å²) in [4.78, 5) is 0. The molecule has 10 heavy (non-hydrogen) atoms. The summed E-state index contributed by atoms with van der Waals surface area (Å²) in [5.74, 6) is -0.494.